The Morgan fingerprint density at radius 3 is 2.76 bits per heavy atom. The number of thiazole rings is 1. The fourth-order valence-electron chi connectivity index (χ4n) is 3.42. The Balaban J connectivity index is 0.00000306. The molecule has 4 rings (SSSR count). The molecule has 1 saturated heterocycles. The molecule has 6 nitrogen and oxygen atoms in total. The third-order valence-electron chi connectivity index (χ3n) is 5.08. The van der Waals surface area contributed by atoms with Gasteiger partial charge in [0.25, 0.3) is 5.91 Å². The predicted octanol–water partition coefficient (Wildman–Crippen LogP) is 5.92. The highest BCUT2D eigenvalue weighted by molar-refractivity contribution is 9.10. The molecule has 0 N–H and O–H groups in total. The lowest BCUT2D eigenvalue weighted by molar-refractivity contribution is -0.120. The molecule has 1 aromatic heterocycles. The van der Waals surface area contributed by atoms with Crippen molar-refractivity contribution in [2.24, 2.45) is 0 Å². The van der Waals surface area contributed by atoms with E-state index in [1.54, 1.807) is 23.1 Å². The number of hydrogen-bond acceptors (Lipinski definition) is 6. The van der Waals surface area contributed by atoms with Crippen molar-refractivity contribution in [1.82, 2.24) is 9.88 Å². The minimum Gasteiger partial charge on any atom is -0.482 e. The van der Waals surface area contributed by atoms with Gasteiger partial charge in [0.05, 0.1) is 28.5 Å². The van der Waals surface area contributed by atoms with E-state index in [4.69, 9.17) is 37.7 Å². The Morgan fingerprint density at radius 1 is 1.21 bits per heavy atom. The van der Waals surface area contributed by atoms with E-state index in [2.05, 4.69) is 20.8 Å². The molecule has 0 bridgehead atoms. The lowest BCUT2D eigenvalue weighted by Crippen LogP contribution is -2.40. The number of morpholine rings is 1. The van der Waals surface area contributed by atoms with Gasteiger partial charge in [0.15, 0.2) is 11.7 Å². The summed E-state index contributed by atoms with van der Waals surface area (Å²) in [5.41, 5.74) is 0.862. The molecule has 1 fully saturated rings. The summed E-state index contributed by atoms with van der Waals surface area (Å²) in [5, 5.41) is 1.55. The molecule has 0 radical (unpaired) electrons. The third kappa shape index (κ3) is 7.18. The van der Waals surface area contributed by atoms with Crippen LogP contribution in [-0.4, -0.2) is 61.8 Å². The van der Waals surface area contributed by atoms with Gasteiger partial charge < -0.3 is 9.47 Å². The molecule has 2 heterocycles. The number of aromatic nitrogens is 1. The Labute approximate surface area is 221 Å². The molecule has 0 spiro atoms. The third-order valence-corrected chi connectivity index (χ3v) is 7.14. The van der Waals surface area contributed by atoms with Gasteiger partial charge in [-0.1, -0.05) is 50.5 Å². The second kappa shape index (κ2) is 12.5. The molecule has 1 aliphatic rings. The molecule has 33 heavy (non-hydrogen) atoms. The van der Waals surface area contributed by atoms with Crippen LogP contribution in [0.25, 0.3) is 10.2 Å². The molecule has 0 atom stereocenters. The van der Waals surface area contributed by atoms with Crippen LogP contribution in [0.15, 0.2) is 40.9 Å². The molecule has 0 saturated carbocycles. The average Bonchev–Trinajstić information content (AvgIpc) is 3.19. The monoisotopic (exact) mass is 593 g/mol. The minimum atomic E-state index is -0.170. The number of benzene rings is 2. The Kier molecular flexibility index (Phi) is 10.1. The first-order chi connectivity index (χ1) is 15.5. The molecule has 11 heteroatoms. The maximum absolute atomic E-state index is 13.2. The molecule has 0 unspecified atom stereocenters. The maximum atomic E-state index is 13.2. The highest BCUT2D eigenvalue weighted by Gasteiger charge is 2.21. The van der Waals surface area contributed by atoms with E-state index in [-0.39, 0.29) is 24.9 Å². The number of carbonyl (C=O) groups is 1. The second-order valence-electron chi connectivity index (χ2n) is 7.32. The number of halogens is 4. The summed E-state index contributed by atoms with van der Waals surface area (Å²) >= 11 is 17.1. The van der Waals surface area contributed by atoms with Crippen LogP contribution >= 0.6 is 62.9 Å². The zero-order valence-corrected chi connectivity index (χ0v) is 22.4. The highest BCUT2D eigenvalue weighted by atomic mass is 79.9. The van der Waals surface area contributed by atoms with Gasteiger partial charge in [-0.15, -0.1) is 12.4 Å². The first-order valence-corrected chi connectivity index (χ1v) is 12.6. The normalized spacial score (nSPS) is 14.2. The van der Waals surface area contributed by atoms with Crippen molar-refractivity contribution in [3.8, 4) is 5.75 Å². The first kappa shape index (κ1) is 26.5. The molecular weight excluding hydrogens is 573 g/mol. The quantitative estimate of drug-likeness (QED) is 0.324. The molecule has 1 aliphatic heterocycles. The van der Waals surface area contributed by atoms with Crippen molar-refractivity contribution >= 4 is 84.1 Å². The van der Waals surface area contributed by atoms with E-state index in [0.29, 0.717) is 27.5 Å². The standard InChI is InChI=1S/C22H22BrCl2N3O3S.ClH/c23-15-2-4-18-20(12-15)32-22(26-18)28(7-1-6-27-8-10-30-11-9-27)21(29)14-31-19-5-3-16(24)13-17(19)25;/h2-5,12-13H,1,6-11,14H2;1H. The Morgan fingerprint density at radius 2 is 2.00 bits per heavy atom. The predicted molar refractivity (Wildman–Crippen MR) is 141 cm³/mol. The van der Waals surface area contributed by atoms with Gasteiger partial charge >= 0.3 is 0 Å². The van der Waals surface area contributed by atoms with Crippen LogP contribution in [0.2, 0.25) is 10.0 Å². The summed E-state index contributed by atoms with van der Waals surface area (Å²) in [5.74, 6) is 0.252. The lowest BCUT2D eigenvalue weighted by Gasteiger charge is -2.27. The summed E-state index contributed by atoms with van der Waals surface area (Å²) < 4.78 is 13.1. The van der Waals surface area contributed by atoms with Gasteiger partial charge in [0.1, 0.15) is 5.75 Å². The SMILES string of the molecule is Cl.O=C(COc1ccc(Cl)cc1Cl)N(CCCN1CCOCC1)c1nc2ccc(Br)cc2s1. The molecule has 178 valence electrons. The molecule has 1 amide bonds. The van der Waals surface area contributed by atoms with E-state index in [0.717, 1.165) is 54.0 Å². The largest absolute Gasteiger partial charge is 0.482 e. The van der Waals surface area contributed by atoms with Crippen LogP contribution in [0.3, 0.4) is 0 Å². The number of hydrogen-bond donors (Lipinski definition) is 0. The first-order valence-electron chi connectivity index (χ1n) is 10.2. The van der Waals surface area contributed by atoms with Crippen LogP contribution in [0.4, 0.5) is 5.13 Å². The van der Waals surface area contributed by atoms with Gasteiger partial charge in [0, 0.05) is 35.7 Å². The number of rotatable bonds is 8. The van der Waals surface area contributed by atoms with Crippen LogP contribution in [0.1, 0.15) is 6.42 Å². The van der Waals surface area contributed by atoms with E-state index in [1.165, 1.54) is 11.3 Å². The lowest BCUT2D eigenvalue weighted by atomic mass is 10.3. The zero-order valence-electron chi connectivity index (χ0n) is 17.6. The van der Waals surface area contributed by atoms with Gasteiger partial charge in [-0.2, -0.15) is 0 Å². The summed E-state index contributed by atoms with van der Waals surface area (Å²) in [7, 11) is 0. The fourth-order valence-corrected chi connectivity index (χ4v) is 5.44. The van der Waals surface area contributed by atoms with Gasteiger partial charge in [-0.3, -0.25) is 14.6 Å². The van der Waals surface area contributed by atoms with Crippen molar-refractivity contribution in [3.05, 3.63) is 50.9 Å². The van der Waals surface area contributed by atoms with Crippen LogP contribution < -0.4 is 9.64 Å². The van der Waals surface area contributed by atoms with Gasteiger partial charge in [0.2, 0.25) is 0 Å². The summed E-state index contributed by atoms with van der Waals surface area (Å²) in [4.78, 5) is 21.9. The van der Waals surface area contributed by atoms with Crippen molar-refractivity contribution in [2.45, 2.75) is 6.42 Å². The van der Waals surface area contributed by atoms with Gasteiger partial charge in [-0.25, -0.2) is 4.98 Å². The number of anilines is 1. The second-order valence-corrected chi connectivity index (χ2v) is 10.1. The highest BCUT2D eigenvalue weighted by Crippen LogP contribution is 2.32. The molecule has 3 aromatic rings. The van der Waals surface area contributed by atoms with Crippen LogP contribution in [-0.2, 0) is 9.53 Å². The number of nitrogens with zero attached hydrogens (tertiary/aromatic N) is 3. The van der Waals surface area contributed by atoms with Crippen molar-refractivity contribution in [1.29, 1.82) is 0 Å². The van der Waals surface area contributed by atoms with E-state index in [1.807, 2.05) is 18.2 Å². The minimum absolute atomic E-state index is 0. The molecule has 2 aromatic carbocycles. The van der Waals surface area contributed by atoms with Crippen molar-refractivity contribution in [2.75, 3.05) is 50.9 Å². The van der Waals surface area contributed by atoms with Gasteiger partial charge in [-0.05, 0) is 42.8 Å². The van der Waals surface area contributed by atoms with Crippen LogP contribution in [0.5, 0.6) is 5.75 Å². The van der Waals surface area contributed by atoms with E-state index in [9.17, 15) is 4.79 Å². The number of amides is 1. The summed E-state index contributed by atoms with van der Waals surface area (Å²) in [6, 6.07) is 10.8. The number of ether oxygens (including phenoxy) is 2. The summed E-state index contributed by atoms with van der Waals surface area (Å²) in [6.45, 7) is 4.65. The molecule has 0 aliphatic carbocycles. The van der Waals surface area contributed by atoms with E-state index >= 15 is 0 Å². The van der Waals surface area contributed by atoms with E-state index < -0.39 is 0 Å². The van der Waals surface area contributed by atoms with Crippen LogP contribution in [0, 0.1) is 0 Å². The fraction of sp³-hybridized carbons (Fsp3) is 0.364. The number of carbonyl (C=O) groups excluding carboxylic acids is 1. The molecular formula is C22H23BrCl3N3O3S. The van der Waals surface area contributed by atoms with Crippen molar-refractivity contribution < 1.29 is 14.3 Å². The summed E-state index contributed by atoms with van der Waals surface area (Å²) in [6.07, 6.45) is 0.826. The Bertz CT molecular complexity index is 1100. The van der Waals surface area contributed by atoms with Crippen molar-refractivity contribution in [3.63, 3.8) is 0 Å². The Hall–Kier alpha value is -1.13. The topological polar surface area (TPSA) is 54.9 Å². The smallest absolute Gasteiger partial charge is 0.266 e. The zero-order chi connectivity index (χ0) is 22.5. The number of fused-ring (bicyclic) bond motifs is 1. The average molecular weight is 596 g/mol. The maximum Gasteiger partial charge on any atom is 0.266 e.